The summed E-state index contributed by atoms with van der Waals surface area (Å²) in [4.78, 5) is 39.0. The molecule has 0 spiro atoms. The van der Waals surface area contributed by atoms with Crippen LogP contribution < -0.4 is 10.9 Å². The second-order valence-corrected chi connectivity index (χ2v) is 7.60. The smallest absolute Gasteiger partial charge is 0.336 e. The molecule has 4 rings (SSSR count). The summed E-state index contributed by atoms with van der Waals surface area (Å²) in [5.74, 6) is -0.383. The molecule has 3 amide bonds. The minimum Gasteiger partial charge on any atom is -0.423 e. The molecule has 148 valence electrons. The number of hydrogen-bond acceptors (Lipinski definition) is 4. The molecule has 7 heteroatoms. The highest BCUT2D eigenvalue weighted by molar-refractivity contribution is 6.32. The van der Waals surface area contributed by atoms with Gasteiger partial charge in [0.2, 0.25) is 0 Å². The third-order valence-electron chi connectivity index (χ3n) is 5.33. The first-order chi connectivity index (χ1) is 13.8. The van der Waals surface area contributed by atoms with Crippen molar-refractivity contribution in [2.45, 2.75) is 32.4 Å². The van der Waals surface area contributed by atoms with E-state index in [0.717, 1.165) is 10.5 Å². The number of fused-ring (bicyclic) bond motifs is 1. The largest absolute Gasteiger partial charge is 0.423 e. The number of carbonyl (C=O) groups is 2. The highest BCUT2D eigenvalue weighted by atomic mass is 35.5. The van der Waals surface area contributed by atoms with Gasteiger partial charge in [-0.3, -0.25) is 9.69 Å². The van der Waals surface area contributed by atoms with Gasteiger partial charge in [0.05, 0.1) is 6.54 Å². The maximum Gasteiger partial charge on any atom is 0.336 e. The first kappa shape index (κ1) is 19.2. The van der Waals surface area contributed by atoms with Crippen LogP contribution in [0, 0.1) is 0 Å². The maximum atomic E-state index is 13.1. The summed E-state index contributed by atoms with van der Waals surface area (Å²) in [5, 5.41) is 3.91. The van der Waals surface area contributed by atoms with Gasteiger partial charge in [-0.1, -0.05) is 48.9 Å². The van der Waals surface area contributed by atoms with E-state index in [0.29, 0.717) is 33.5 Å². The second kappa shape index (κ2) is 7.04. The average molecular weight is 411 g/mol. The molecule has 1 fully saturated rings. The van der Waals surface area contributed by atoms with Crippen LogP contribution in [0.2, 0.25) is 5.02 Å². The zero-order chi connectivity index (χ0) is 20.8. The van der Waals surface area contributed by atoms with Crippen molar-refractivity contribution in [1.29, 1.82) is 0 Å². The van der Waals surface area contributed by atoms with E-state index in [1.807, 2.05) is 25.1 Å². The molecule has 1 atom stereocenters. The molecule has 2 heterocycles. The Morgan fingerprint density at radius 1 is 1.07 bits per heavy atom. The van der Waals surface area contributed by atoms with Crippen molar-refractivity contribution < 1.29 is 14.0 Å². The predicted octanol–water partition coefficient (Wildman–Crippen LogP) is 3.98. The first-order valence-electron chi connectivity index (χ1n) is 9.28. The van der Waals surface area contributed by atoms with E-state index < -0.39 is 17.2 Å². The van der Waals surface area contributed by atoms with E-state index >= 15 is 0 Å². The lowest BCUT2D eigenvalue weighted by atomic mass is 9.92. The number of halogens is 1. The molecule has 0 aliphatic carbocycles. The summed E-state index contributed by atoms with van der Waals surface area (Å²) >= 11 is 6.33. The number of nitrogens with one attached hydrogen (secondary N) is 1. The summed E-state index contributed by atoms with van der Waals surface area (Å²) in [6.45, 7) is 3.56. The highest BCUT2D eigenvalue weighted by Crippen LogP contribution is 2.31. The van der Waals surface area contributed by atoms with E-state index in [2.05, 4.69) is 5.32 Å². The number of hydrogen-bond donors (Lipinski definition) is 1. The molecule has 1 unspecified atom stereocenters. The van der Waals surface area contributed by atoms with Crippen LogP contribution in [0.5, 0.6) is 0 Å². The van der Waals surface area contributed by atoms with Crippen molar-refractivity contribution in [3.63, 3.8) is 0 Å². The number of aryl methyl sites for hydroxylation is 1. The Morgan fingerprint density at radius 2 is 1.79 bits per heavy atom. The topological polar surface area (TPSA) is 79.6 Å². The van der Waals surface area contributed by atoms with Gasteiger partial charge in [0.15, 0.2) is 0 Å². The Labute approximate surface area is 172 Å². The van der Waals surface area contributed by atoms with Crippen molar-refractivity contribution >= 4 is 34.5 Å². The Bertz CT molecular complexity index is 1190. The molecule has 3 aromatic rings. The van der Waals surface area contributed by atoms with Gasteiger partial charge in [-0.2, -0.15) is 0 Å². The monoisotopic (exact) mass is 410 g/mol. The van der Waals surface area contributed by atoms with Gasteiger partial charge in [-0.05, 0) is 42.2 Å². The van der Waals surface area contributed by atoms with Gasteiger partial charge >= 0.3 is 11.7 Å². The third kappa shape index (κ3) is 3.19. The summed E-state index contributed by atoms with van der Waals surface area (Å²) in [5.41, 5.74) is 0.712. The third-order valence-corrected chi connectivity index (χ3v) is 5.68. The van der Waals surface area contributed by atoms with Crippen molar-refractivity contribution in [2.75, 3.05) is 0 Å². The van der Waals surface area contributed by atoms with E-state index in [1.54, 1.807) is 31.2 Å². The first-order valence-corrected chi connectivity index (χ1v) is 9.66. The van der Waals surface area contributed by atoms with Gasteiger partial charge in [0.25, 0.3) is 5.91 Å². The summed E-state index contributed by atoms with van der Waals surface area (Å²) in [6.07, 6.45) is 0.686. The molecule has 1 saturated heterocycles. The number of carbonyl (C=O) groups excluding carboxylic acids is 2. The predicted molar refractivity (Wildman–Crippen MR) is 110 cm³/mol. The lowest BCUT2D eigenvalue weighted by Gasteiger charge is -2.22. The second-order valence-electron chi connectivity index (χ2n) is 7.20. The van der Waals surface area contributed by atoms with Gasteiger partial charge in [-0.25, -0.2) is 9.59 Å². The van der Waals surface area contributed by atoms with Gasteiger partial charge in [0, 0.05) is 16.5 Å². The fourth-order valence-corrected chi connectivity index (χ4v) is 3.97. The molecule has 0 saturated carbocycles. The van der Waals surface area contributed by atoms with Crippen LogP contribution in [0.15, 0.2) is 57.7 Å². The van der Waals surface area contributed by atoms with Gasteiger partial charge in [-0.15, -0.1) is 0 Å². The minimum absolute atomic E-state index is 0.0585. The van der Waals surface area contributed by atoms with Crippen LogP contribution in [-0.4, -0.2) is 16.8 Å². The fourth-order valence-electron chi connectivity index (χ4n) is 3.67. The normalized spacial score (nSPS) is 19.1. The Balaban J connectivity index is 1.75. The van der Waals surface area contributed by atoms with E-state index in [9.17, 15) is 14.4 Å². The zero-order valence-electron chi connectivity index (χ0n) is 16.0. The molecule has 1 aromatic heterocycles. The van der Waals surface area contributed by atoms with Crippen LogP contribution in [0.3, 0.4) is 0 Å². The lowest BCUT2D eigenvalue weighted by molar-refractivity contribution is -0.131. The van der Waals surface area contributed by atoms with Crippen molar-refractivity contribution in [3.05, 3.63) is 80.7 Å². The Morgan fingerprint density at radius 3 is 2.48 bits per heavy atom. The molecular formula is C22H19ClN2O4. The maximum absolute atomic E-state index is 13.1. The fraction of sp³-hybridized carbons (Fsp3) is 0.227. The van der Waals surface area contributed by atoms with Crippen LogP contribution in [0.25, 0.3) is 11.0 Å². The number of rotatable bonds is 4. The Hall–Kier alpha value is -3.12. The van der Waals surface area contributed by atoms with Crippen LogP contribution in [-0.2, 0) is 23.3 Å². The number of urea groups is 1. The molecule has 0 radical (unpaired) electrons. The van der Waals surface area contributed by atoms with E-state index in [1.165, 1.54) is 6.07 Å². The molecule has 29 heavy (non-hydrogen) atoms. The number of benzene rings is 2. The SMILES string of the molecule is CCc1cc2oc(=O)cc(CN3C(=O)NC(C)(c4ccccc4)C3=O)c2cc1Cl. The molecule has 0 bridgehead atoms. The standard InChI is InChI=1S/C22H19ClN2O4/c1-3-13-9-18-16(11-17(13)23)14(10-19(26)29-18)12-25-20(27)22(2,24-21(25)28)15-7-5-4-6-8-15/h4-11H,3,12H2,1-2H3,(H,24,28). The van der Waals surface area contributed by atoms with Crippen LogP contribution in [0.1, 0.15) is 30.5 Å². The van der Waals surface area contributed by atoms with Crippen molar-refractivity contribution in [3.8, 4) is 0 Å². The van der Waals surface area contributed by atoms with Crippen molar-refractivity contribution in [1.82, 2.24) is 10.2 Å². The van der Waals surface area contributed by atoms with Gasteiger partial charge in [0.1, 0.15) is 11.1 Å². The average Bonchev–Trinajstić information content (AvgIpc) is 2.92. The van der Waals surface area contributed by atoms with Crippen LogP contribution in [0.4, 0.5) is 4.79 Å². The zero-order valence-corrected chi connectivity index (χ0v) is 16.7. The molecule has 1 aliphatic rings. The summed E-state index contributed by atoms with van der Waals surface area (Å²) in [6, 6.07) is 13.3. The van der Waals surface area contributed by atoms with E-state index in [4.69, 9.17) is 16.0 Å². The number of nitrogens with zero attached hydrogens (tertiary/aromatic N) is 1. The lowest BCUT2D eigenvalue weighted by Crippen LogP contribution is -2.40. The molecule has 1 N–H and O–H groups in total. The number of amides is 3. The highest BCUT2D eigenvalue weighted by Gasteiger charge is 2.48. The van der Waals surface area contributed by atoms with Gasteiger partial charge < -0.3 is 9.73 Å². The summed E-state index contributed by atoms with van der Waals surface area (Å²) in [7, 11) is 0. The summed E-state index contributed by atoms with van der Waals surface area (Å²) < 4.78 is 5.31. The molecule has 2 aromatic carbocycles. The van der Waals surface area contributed by atoms with Crippen molar-refractivity contribution in [2.24, 2.45) is 0 Å². The molecule has 1 aliphatic heterocycles. The number of imide groups is 1. The minimum atomic E-state index is -1.17. The van der Waals surface area contributed by atoms with E-state index in [-0.39, 0.29) is 12.5 Å². The quantitative estimate of drug-likeness (QED) is 0.521. The molecular weight excluding hydrogens is 392 g/mol. The Kier molecular flexibility index (Phi) is 4.67. The van der Waals surface area contributed by atoms with Crippen LogP contribution >= 0.6 is 11.6 Å². The molecule has 6 nitrogen and oxygen atoms in total.